The molecule has 0 aliphatic carbocycles. The number of carbonyl (C=O) groups excluding carboxylic acids is 1. The van der Waals surface area contributed by atoms with Gasteiger partial charge in [0, 0.05) is 19.6 Å². The van der Waals surface area contributed by atoms with Gasteiger partial charge in [-0.3, -0.25) is 0 Å². The highest BCUT2D eigenvalue weighted by atomic mass is 16.7. The molecule has 1 N–H and O–H groups in total. The molecule has 8 heteroatoms. The van der Waals surface area contributed by atoms with Gasteiger partial charge >= 0.3 is 6.16 Å². The molecule has 1 aromatic carbocycles. The predicted molar refractivity (Wildman–Crippen MR) is 132 cm³/mol. The van der Waals surface area contributed by atoms with Crippen molar-refractivity contribution < 1.29 is 19.0 Å². The maximum Gasteiger partial charge on any atom is 0.508 e. The second-order valence-corrected chi connectivity index (χ2v) is 10.7. The molecule has 2 heterocycles. The van der Waals surface area contributed by atoms with Gasteiger partial charge in [0.15, 0.2) is 5.75 Å². The predicted octanol–water partition coefficient (Wildman–Crippen LogP) is 4.39. The Balaban J connectivity index is 1.56. The largest absolute Gasteiger partial charge is 0.508 e. The van der Waals surface area contributed by atoms with E-state index in [0.29, 0.717) is 24.8 Å². The normalized spacial score (nSPS) is 16.8. The Morgan fingerprint density at radius 3 is 2.50 bits per heavy atom. The minimum absolute atomic E-state index is 0.0299. The molecule has 1 aliphatic heterocycles. The first kappa shape index (κ1) is 25.7. The molecule has 0 saturated carbocycles. The summed E-state index contributed by atoms with van der Waals surface area (Å²) >= 11 is 0. The monoisotopic (exact) mass is 470 g/mol. The van der Waals surface area contributed by atoms with E-state index in [4.69, 9.17) is 14.2 Å². The van der Waals surface area contributed by atoms with Crippen molar-refractivity contribution in [1.29, 1.82) is 0 Å². The first-order chi connectivity index (χ1) is 15.9. The smallest absolute Gasteiger partial charge is 0.486 e. The molecule has 1 atom stereocenters. The molecule has 0 radical (unpaired) electrons. The molecule has 8 nitrogen and oxygen atoms in total. The van der Waals surface area contributed by atoms with E-state index in [1.54, 1.807) is 12.4 Å². The summed E-state index contributed by atoms with van der Waals surface area (Å²) in [6.07, 6.45) is 2.77. The number of piperazine rings is 1. The summed E-state index contributed by atoms with van der Waals surface area (Å²) < 4.78 is 16.5. The van der Waals surface area contributed by atoms with Crippen molar-refractivity contribution in [2.75, 3.05) is 31.1 Å². The number of aromatic nitrogens is 2. The van der Waals surface area contributed by atoms with E-state index in [0.717, 1.165) is 13.1 Å². The Bertz CT molecular complexity index is 964. The van der Waals surface area contributed by atoms with Crippen molar-refractivity contribution in [2.45, 2.75) is 72.1 Å². The third-order valence-corrected chi connectivity index (χ3v) is 5.55. The summed E-state index contributed by atoms with van der Waals surface area (Å²) in [6, 6.07) is 6.34. The second kappa shape index (κ2) is 10.6. The van der Waals surface area contributed by atoms with E-state index >= 15 is 0 Å². The number of benzene rings is 1. The van der Waals surface area contributed by atoms with E-state index in [-0.39, 0.29) is 18.1 Å². The van der Waals surface area contributed by atoms with E-state index in [1.165, 1.54) is 16.7 Å². The zero-order chi connectivity index (χ0) is 24.9. The van der Waals surface area contributed by atoms with Crippen LogP contribution in [0.15, 0.2) is 30.6 Å². The summed E-state index contributed by atoms with van der Waals surface area (Å²) in [5, 5.41) is 3.35. The highest BCUT2D eigenvalue weighted by Crippen LogP contribution is 2.29. The Labute approximate surface area is 203 Å². The lowest BCUT2D eigenvalue weighted by molar-refractivity contribution is -0.0107. The molecule has 0 spiro atoms. The number of aryl methyl sites for hydroxylation is 1. The summed E-state index contributed by atoms with van der Waals surface area (Å²) in [4.78, 5) is 22.9. The van der Waals surface area contributed by atoms with Gasteiger partial charge in [-0.15, -0.1) is 0 Å². The van der Waals surface area contributed by atoms with Gasteiger partial charge in [-0.05, 0) is 49.8 Å². The molecule has 0 bridgehead atoms. The SMILES string of the molecule is Cc1cccc(C(C)(C)C)c1COc1cnc(N2CCN[C@@H](COC(=O)OC(C)(C)C)C2)nc1. The number of rotatable bonds is 6. The average Bonchev–Trinajstić information content (AvgIpc) is 2.75. The van der Waals surface area contributed by atoms with Crippen LogP contribution >= 0.6 is 0 Å². The number of hydrogen-bond acceptors (Lipinski definition) is 8. The molecule has 1 saturated heterocycles. The molecule has 34 heavy (non-hydrogen) atoms. The molecule has 1 aliphatic rings. The van der Waals surface area contributed by atoms with Crippen LogP contribution in [0, 0.1) is 6.92 Å². The third-order valence-electron chi connectivity index (χ3n) is 5.55. The molecule has 1 aromatic heterocycles. The van der Waals surface area contributed by atoms with Crippen LogP contribution in [0.1, 0.15) is 58.2 Å². The van der Waals surface area contributed by atoms with Gasteiger partial charge in [-0.25, -0.2) is 14.8 Å². The van der Waals surface area contributed by atoms with Crippen LogP contribution < -0.4 is 15.0 Å². The highest BCUT2D eigenvalue weighted by Gasteiger charge is 2.24. The van der Waals surface area contributed by atoms with E-state index in [1.807, 2.05) is 20.8 Å². The zero-order valence-electron chi connectivity index (χ0n) is 21.5. The lowest BCUT2D eigenvalue weighted by Gasteiger charge is -2.33. The minimum atomic E-state index is -0.660. The van der Waals surface area contributed by atoms with Crippen LogP contribution in [0.4, 0.5) is 10.7 Å². The topological polar surface area (TPSA) is 85.8 Å². The Morgan fingerprint density at radius 2 is 1.85 bits per heavy atom. The van der Waals surface area contributed by atoms with Gasteiger partial charge in [0.25, 0.3) is 0 Å². The maximum atomic E-state index is 11.8. The van der Waals surface area contributed by atoms with Gasteiger partial charge in [-0.2, -0.15) is 0 Å². The number of nitrogens with zero attached hydrogens (tertiary/aromatic N) is 3. The molecule has 3 rings (SSSR count). The highest BCUT2D eigenvalue weighted by molar-refractivity contribution is 5.60. The minimum Gasteiger partial charge on any atom is -0.486 e. The average molecular weight is 471 g/mol. The van der Waals surface area contributed by atoms with Crippen molar-refractivity contribution in [3.63, 3.8) is 0 Å². The summed E-state index contributed by atoms with van der Waals surface area (Å²) in [5.41, 5.74) is 3.16. The lowest BCUT2D eigenvalue weighted by Crippen LogP contribution is -2.53. The van der Waals surface area contributed by atoms with Gasteiger partial charge < -0.3 is 24.4 Å². The second-order valence-electron chi connectivity index (χ2n) is 10.7. The van der Waals surface area contributed by atoms with Crippen LogP contribution in [-0.4, -0.2) is 54.0 Å². The molecule has 1 fully saturated rings. The molecule has 2 aromatic rings. The summed E-state index contributed by atoms with van der Waals surface area (Å²) in [7, 11) is 0. The number of nitrogens with one attached hydrogen (secondary N) is 1. The first-order valence-corrected chi connectivity index (χ1v) is 11.8. The standard InChI is InChI=1S/C26H38N4O4/c1-18-9-8-10-22(25(2,3)4)21(18)17-32-20-13-28-23(29-14-20)30-12-11-27-19(15-30)16-33-24(31)34-26(5,6)7/h8-10,13-14,19,27H,11-12,15-17H2,1-7H3/t19-/m1/s1. The molecular weight excluding hydrogens is 432 g/mol. The summed E-state index contributed by atoms with van der Waals surface area (Å²) in [5.74, 6) is 1.26. The summed E-state index contributed by atoms with van der Waals surface area (Å²) in [6.45, 7) is 17.0. The maximum absolute atomic E-state index is 11.8. The van der Waals surface area contributed by atoms with Crippen LogP contribution in [0.25, 0.3) is 0 Å². The van der Waals surface area contributed by atoms with Crippen molar-refractivity contribution in [1.82, 2.24) is 15.3 Å². The zero-order valence-corrected chi connectivity index (χ0v) is 21.5. The van der Waals surface area contributed by atoms with Crippen molar-refractivity contribution >= 4 is 12.1 Å². The van der Waals surface area contributed by atoms with Gasteiger partial charge in [0.05, 0.1) is 18.4 Å². The van der Waals surface area contributed by atoms with E-state index in [2.05, 4.69) is 66.1 Å². The Kier molecular flexibility index (Phi) is 8.02. The fraction of sp³-hybridized carbons (Fsp3) is 0.577. The van der Waals surface area contributed by atoms with E-state index in [9.17, 15) is 4.79 Å². The van der Waals surface area contributed by atoms with Crippen LogP contribution in [0.3, 0.4) is 0 Å². The molecule has 0 amide bonds. The molecule has 0 unspecified atom stereocenters. The fourth-order valence-electron chi connectivity index (χ4n) is 3.87. The van der Waals surface area contributed by atoms with Crippen molar-refractivity contribution in [2.24, 2.45) is 0 Å². The number of carbonyl (C=O) groups is 1. The van der Waals surface area contributed by atoms with Gasteiger partial charge in [0.1, 0.15) is 18.8 Å². The van der Waals surface area contributed by atoms with Crippen molar-refractivity contribution in [3.8, 4) is 5.75 Å². The first-order valence-electron chi connectivity index (χ1n) is 11.8. The van der Waals surface area contributed by atoms with E-state index < -0.39 is 11.8 Å². The third kappa shape index (κ3) is 7.32. The van der Waals surface area contributed by atoms with Crippen LogP contribution in [0.2, 0.25) is 0 Å². The van der Waals surface area contributed by atoms with Crippen molar-refractivity contribution in [3.05, 3.63) is 47.3 Å². The Morgan fingerprint density at radius 1 is 1.15 bits per heavy atom. The number of anilines is 1. The van der Waals surface area contributed by atoms with Gasteiger partial charge in [-0.1, -0.05) is 39.0 Å². The molecule has 186 valence electrons. The van der Waals surface area contributed by atoms with Crippen LogP contribution in [-0.2, 0) is 21.5 Å². The Hall–Kier alpha value is -2.87. The molecular formula is C26H38N4O4. The number of ether oxygens (including phenoxy) is 3. The van der Waals surface area contributed by atoms with Crippen LogP contribution in [0.5, 0.6) is 5.75 Å². The fourth-order valence-corrected chi connectivity index (χ4v) is 3.87. The van der Waals surface area contributed by atoms with Gasteiger partial charge in [0.2, 0.25) is 5.95 Å². The number of hydrogen-bond donors (Lipinski definition) is 1. The quantitative estimate of drug-likeness (QED) is 0.622. The lowest BCUT2D eigenvalue weighted by atomic mass is 9.82.